The van der Waals surface area contributed by atoms with Crippen molar-refractivity contribution in [3.8, 4) is 34.3 Å². The molecule has 2 unspecified atom stereocenters. The lowest BCUT2D eigenvalue weighted by Crippen LogP contribution is -2.60. The van der Waals surface area contributed by atoms with Crippen molar-refractivity contribution in [2.24, 2.45) is 0 Å². The molecule has 2 saturated heterocycles. The zero-order chi connectivity index (χ0) is 35.0. The van der Waals surface area contributed by atoms with Crippen molar-refractivity contribution in [1.29, 1.82) is 0 Å². The normalized spacial score (nSPS) is 30.6. The van der Waals surface area contributed by atoms with Crippen LogP contribution in [-0.2, 0) is 15.9 Å². The van der Waals surface area contributed by atoms with Gasteiger partial charge < -0.3 is 69.0 Å². The summed E-state index contributed by atoms with van der Waals surface area (Å²) in [5, 5.41) is 82.9. The van der Waals surface area contributed by atoms with E-state index in [1.165, 1.54) is 14.0 Å². The second kappa shape index (κ2) is 14.4. The van der Waals surface area contributed by atoms with Gasteiger partial charge in [-0.05, 0) is 51.5 Å². The Morgan fingerprint density at radius 3 is 2.10 bits per heavy atom. The molecule has 262 valence electrons. The number of ether oxygens (including phenoxy) is 5. The first-order chi connectivity index (χ1) is 22.8. The molecule has 0 amide bonds. The topological polar surface area (TPSA) is 238 Å². The third-order valence-corrected chi connectivity index (χ3v) is 8.37. The molecule has 0 aliphatic carbocycles. The second-order valence-corrected chi connectivity index (χ2v) is 12.0. The molecule has 15 heteroatoms. The monoisotopic (exact) mass is 676 g/mol. The number of aliphatic hydroxyl groups is 7. The lowest BCUT2D eigenvalue weighted by Gasteiger charge is -2.39. The molecular weight excluding hydrogens is 636 g/mol. The first kappa shape index (κ1) is 35.5. The Morgan fingerprint density at radius 2 is 1.50 bits per heavy atom. The molecule has 0 saturated carbocycles. The third-order valence-electron chi connectivity index (χ3n) is 8.37. The number of aliphatic hydroxyl groups excluding tert-OH is 7. The maximum absolute atomic E-state index is 14.3. The van der Waals surface area contributed by atoms with E-state index >= 15 is 0 Å². The molecular formula is C33H40O15. The summed E-state index contributed by atoms with van der Waals surface area (Å²) >= 11 is 0. The van der Waals surface area contributed by atoms with E-state index < -0.39 is 84.9 Å². The number of hydrogen-bond donors (Lipinski definition) is 8. The number of hydrogen-bond acceptors (Lipinski definition) is 15. The minimum Gasteiger partial charge on any atom is -0.507 e. The average molecular weight is 677 g/mol. The van der Waals surface area contributed by atoms with E-state index in [9.17, 15) is 45.6 Å². The lowest BCUT2D eigenvalue weighted by atomic mass is 9.99. The van der Waals surface area contributed by atoms with Gasteiger partial charge in [0.1, 0.15) is 70.9 Å². The summed E-state index contributed by atoms with van der Waals surface area (Å²) in [5.74, 6) is -0.922. The van der Waals surface area contributed by atoms with Gasteiger partial charge in [-0.25, -0.2) is 0 Å². The largest absolute Gasteiger partial charge is 0.507 e. The third kappa shape index (κ3) is 6.74. The molecule has 2 aromatic carbocycles. The Bertz CT molecular complexity index is 1680. The van der Waals surface area contributed by atoms with Crippen LogP contribution < -0.4 is 19.6 Å². The average Bonchev–Trinajstić information content (AvgIpc) is 3.06. The summed E-state index contributed by atoms with van der Waals surface area (Å²) in [6.07, 6.45) is -13.7. The number of rotatable bonds is 9. The number of benzene rings is 2. The molecule has 2 aliphatic heterocycles. The highest BCUT2D eigenvalue weighted by molar-refractivity contribution is 5.91. The summed E-state index contributed by atoms with van der Waals surface area (Å²) in [6.45, 7) is 4.40. The molecule has 8 N–H and O–H groups in total. The van der Waals surface area contributed by atoms with Gasteiger partial charge in [0, 0.05) is 17.2 Å². The molecule has 0 radical (unpaired) electrons. The molecule has 3 heterocycles. The molecule has 48 heavy (non-hydrogen) atoms. The Morgan fingerprint density at radius 1 is 0.875 bits per heavy atom. The van der Waals surface area contributed by atoms with E-state index in [2.05, 4.69) is 0 Å². The van der Waals surface area contributed by atoms with Gasteiger partial charge in [-0.3, -0.25) is 4.79 Å². The minimum atomic E-state index is -1.77. The van der Waals surface area contributed by atoms with Crippen LogP contribution in [0.15, 0.2) is 51.2 Å². The Balaban J connectivity index is 1.71. The SMILES string of the molecule is COc1ccc(-c2oc3c(CC=C(C)C)c(OC4O[C@H](CO)[C@@H](O)[C@H](O)[C@H]4O)cc(O)c3c(=O)c2OC2O[C@H](C)[C@@H](O)[C@H](O)[C@@H]2O)cc1. The number of methoxy groups -OCH3 is 1. The molecule has 2 aliphatic rings. The van der Waals surface area contributed by atoms with Gasteiger partial charge in [0.25, 0.3) is 0 Å². The number of allylic oxidation sites excluding steroid dienone is 2. The standard InChI is InChI=1S/C33H40O15/c1-13(2)5-10-17-19(45-33-28(42)26(40)23(37)20(12-34)46-33)11-18(35)21-24(38)31(48-32-27(41)25(39)22(36)14(3)44-32)29(47-30(17)21)15-6-8-16(43-4)9-7-15/h5-9,11,14,20,22-23,25-28,32-37,39-42H,10,12H2,1-4H3/t14-,20-,22-,23-,25+,26+,27+,28-,32?,33?/m1/s1. The zero-order valence-corrected chi connectivity index (χ0v) is 26.6. The van der Waals surface area contributed by atoms with Crippen molar-refractivity contribution < 1.29 is 69.0 Å². The molecule has 1 aromatic heterocycles. The summed E-state index contributed by atoms with van der Waals surface area (Å²) in [5.41, 5.74) is 0.341. The first-order valence-corrected chi connectivity index (χ1v) is 15.2. The fraction of sp³-hybridized carbons (Fsp3) is 0.485. The van der Waals surface area contributed by atoms with E-state index in [1.807, 2.05) is 13.8 Å². The van der Waals surface area contributed by atoms with Crippen LogP contribution >= 0.6 is 0 Å². The van der Waals surface area contributed by atoms with Crippen LogP contribution in [-0.4, -0.2) is 116 Å². The first-order valence-electron chi connectivity index (χ1n) is 15.2. The van der Waals surface area contributed by atoms with E-state index in [4.69, 9.17) is 28.1 Å². The lowest BCUT2D eigenvalue weighted by molar-refractivity contribution is -0.277. The van der Waals surface area contributed by atoms with Crippen molar-refractivity contribution in [2.75, 3.05) is 13.7 Å². The smallest absolute Gasteiger partial charge is 0.239 e. The van der Waals surface area contributed by atoms with Gasteiger partial charge in [0.2, 0.25) is 23.8 Å². The van der Waals surface area contributed by atoms with Gasteiger partial charge in [-0.15, -0.1) is 0 Å². The predicted molar refractivity (Wildman–Crippen MR) is 167 cm³/mol. The Hall–Kier alpha value is -3.77. The highest BCUT2D eigenvalue weighted by atomic mass is 16.7. The van der Waals surface area contributed by atoms with Gasteiger partial charge in [0.05, 0.1) is 19.8 Å². The van der Waals surface area contributed by atoms with Gasteiger partial charge in [0.15, 0.2) is 5.76 Å². The van der Waals surface area contributed by atoms with Crippen molar-refractivity contribution in [3.63, 3.8) is 0 Å². The molecule has 0 bridgehead atoms. The Kier molecular flexibility index (Phi) is 10.6. The highest BCUT2D eigenvalue weighted by Gasteiger charge is 2.46. The van der Waals surface area contributed by atoms with Gasteiger partial charge in [-0.2, -0.15) is 0 Å². The van der Waals surface area contributed by atoms with Crippen LogP contribution in [0, 0.1) is 0 Å². The summed E-state index contributed by atoms with van der Waals surface area (Å²) in [6, 6.07) is 7.41. The number of phenolic OH excluding ortho intramolecular Hbond substituents is 1. The number of fused-ring (bicyclic) bond motifs is 1. The van der Waals surface area contributed by atoms with Crippen LogP contribution in [0.4, 0.5) is 0 Å². The van der Waals surface area contributed by atoms with Crippen LogP contribution in [0.3, 0.4) is 0 Å². The quantitative estimate of drug-likeness (QED) is 0.140. The Labute approximate surface area is 274 Å². The zero-order valence-electron chi connectivity index (χ0n) is 26.6. The maximum atomic E-state index is 14.3. The van der Waals surface area contributed by atoms with Crippen molar-refractivity contribution in [2.45, 2.75) is 88.6 Å². The van der Waals surface area contributed by atoms with Crippen molar-refractivity contribution in [1.82, 2.24) is 0 Å². The van der Waals surface area contributed by atoms with Crippen LogP contribution in [0.25, 0.3) is 22.3 Å². The van der Waals surface area contributed by atoms with Crippen LogP contribution in [0.1, 0.15) is 26.3 Å². The van der Waals surface area contributed by atoms with Crippen molar-refractivity contribution in [3.05, 3.63) is 57.8 Å². The van der Waals surface area contributed by atoms with Crippen molar-refractivity contribution >= 4 is 11.0 Å². The molecule has 15 nitrogen and oxygen atoms in total. The molecule has 2 fully saturated rings. The number of aromatic hydroxyl groups is 1. The van der Waals surface area contributed by atoms with Gasteiger partial charge in [-0.1, -0.05) is 11.6 Å². The van der Waals surface area contributed by atoms with Crippen LogP contribution in [0.5, 0.6) is 23.0 Å². The maximum Gasteiger partial charge on any atom is 0.239 e. The molecule has 0 spiro atoms. The van der Waals surface area contributed by atoms with Gasteiger partial charge >= 0.3 is 0 Å². The molecule has 3 aromatic rings. The second-order valence-electron chi connectivity index (χ2n) is 12.0. The van der Waals surface area contributed by atoms with E-state index in [1.54, 1.807) is 30.3 Å². The summed E-state index contributed by atoms with van der Waals surface area (Å²) in [4.78, 5) is 14.3. The molecule has 5 rings (SSSR count). The summed E-state index contributed by atoms with van der Waals surface area (Å²) < 4.78 is 34.5. The predicted octanol–water partition coefficient (Wildman–Crippen LogP) is 0.0679. The fourth-order valence-electron chi connectivity index (χ4n) is 5.52. The summed E-state index contributed by atoms with van der Waals surface area (Å²) in [7, 11) is 1.47. The van der Waals surface area contributed by atoms with E-state index in [-0.39, 0.29) is 34.5 Å². The van der Waals surface area contributed by atoms with E-state index in [0.717, 1.165) is 11.6 Å². The number of phenols is 1. The highest BCUT2D eigenvalue weighted by Crippen LogP contribution is 2.41. The minimum absolute atomic E-state index is 0.0725. The fourth-order valence-corrected chi connectivity index (χ4v) is 5.52. The molecule has 10 atom stereocenters. The van der Waals surface area contributed by atoms with Crippen LogP contribution in [0.2, 0.25) is 0 Å². The van der Waals surface area contributed by atoms with E-state index in [0.29, 0.717) is 11.3 Å².